The number of H-pyrrole nitrogens is 1. The van der Waals surface area contributed by atoms with Crippen LogP contribution in [0.3, 0.4) is 0 Å². The van der Waals surface area contributed by atoms with Gasteiger partial charge in [0.1, 0.15) is 0 Å². The largest absolute Gasteiger partial charge is 0.331 e. The van der Waals surface area contributed by atoms with Crippen molar-refractivity contribution in [3.8, 4) is 0 Å². The second-order valence-corrected chi connectivity index (χ2v) is 7.32. The minimum atomic E-state index is 0.449. The molecule has 2 nitrogen and oxygen atoms in total. The molecule has 0 saturated heterocycles. The number of imidazole rings is 1. The summed E-state index contributed by atoms with van der Waals surface area (Å²) >= 11 is 9.77. The van der Waals surface area contributed by atoms with Crippen LogP contribution in [0.15, 0.2) is 18.2 Å². The quantitative estimate of drug-likeness (QED) is 0.439. The molecule has 2 rings (SSSR count). The fraction of sp³-hybridized carbons (Fsp3) is 0.462. The van der Waals surface area contributed by atoms with Crippen LogP contribution in [0.1, 0.15) is 26.3 Å². The third-order valence-corrected chi connectivity index (χ3v) is 4.91. The van der Waals surface area contributed by atoms with E-state index in [1.54, 1.807) is 0 Å². The molecular formula is C13H17IN2S2. The van der Waals surface area contributed by atoms with Gasteiger partial charge in [-0.25, -0.2) is 0 Å². The number of nitrogens with zero attached hydrogens (tertiary/aromatic N) is 1. The van der Waals surface area contributed by atoms with E-state index >= 15 is 0 Å². The first-order valence-electron chi connectivity index (χ1n) is 6.11. The highest BCUT2D eigenvalue weighted by Gasteiger charge is 2.11. The Hall–Kier alpha value is -0.0100. The summed E-state index contributed by atoms with van der Waals surface area (Å²) in [7, 11) is 0. The van der Waals surface area contributed by atoms with Gasteiger partial charge in [0.15, 0.2) is 4.77 Å². The van der Waals surface area contributed by atoms with Crippen LogP contribution in [0, 0.1) is 8.34 Å². The summed E-state index contributed by atoms with van der Waals surface area (Å²) in [5, 5.41) is 0. The predicted molar refractivity (Wildman–Crippen MR) is 92.2 cm³/mol. The number of rotatable bonds is 5. The molecule has 2 aromatic rings. The van der Waals surface area contributed by atoms with Crippen LogP contribution in [0.2, 0.25) is 0 Å². The van der Waals surface area contributed by atoms with E-state index < -0.39 is 0 Å². The van der Waals surface area contributed by atoms with Gasteiger partial charge < -0.3 is 9.55 Å². The van der Waals surface area contributed by atoms with E-state index in [1.807, 2.05) is 11.8 Å². The third kappa shape index (κ3) is 3.11. The second-order valence-electron chi connectivity index (χ2n) is 4.30. The molecule has 98 valence electrons. The van der Waals surface area contributed by atoms with Crippen molar-refractivity contribution in [3.05, 3.63) is 26.5 Å². The Labute approximate surface area is 131 Å². The molecule has 0 radical (unpaired) electrons. The van der Waals surface area contributed by atoms with Crippen LogP contribution < -0.4 is 0 Å². The van der Waals surface area contributed by atoms with Crippen molar-refractivity contribution in [1.82, 2.24) is 9.55 Å². The molecule has 5 heteroatoms. The lowest BCUT2D eigenvalue weighted by molar-refractivity contribution is 0.543. The second kappa shape index (κ2) is 6.43. The Morgan fingerprint density at radius 3 is 3.00 bits per heavy atom. The van der Waals surface area contributed by atoms with Crippen LogP contribution >= 0.6 is 46.6 Å². The molecule has 0 fully saturated rings. The summed E-state index contributed by atoms with van der Waals surface area (Å²) in [6, 6.07) is 6.89. The molecule has 0 aliphatic heterocycles. The van der Waals surface area contributed by atoms with Gasteiger partial charge in [0.05, 0.1) is 11.0 Å². The topological polar surface area (TPSA) is 20.7 Å². The van der Waals surface area contributed by atoms with Gasteiger partial charge in [-0.2, -0.15) is 11.8 Å². The van der Waals surface area contributed by atoms with Crippen molar-refractivity contribution >= 4 is 57.6 Å². The molecule has 1 aromatic heterocycles. The molecule has 1 N–H and O–H groups in total. The van der Waals surface area contributed by atoms with Gasteiger partial charge in [0.2, 0.25) is 0 Å². The number of halogens is 1. The number of nitrogens with one attached hydrogen (secondary N) is 1. The average Bonchev–Trinajstić information content (AvgIpc) is 2.64. The highest BCUT2D eigenvalue weighted by Crippen LogP contribution is 2.23. The van der Waals surface area contributed by atoms with Crippen molar-refractivity contribution in [3.63, 3.8) is 0 Å². The molecule has 18 heavy (non-hydrogen) atoms. The smallest absolute Gasteiger partial charge is 0.178 e. The molecule has 1 aromatic carbocycles. The van der Waals surface area contributed by atoms with Crippen LogP contribution in [-0.4, -0.2) is 21.1 Å². The van der Waals surface area contributed by atoms with Crippen molar-refractivity contribution in [2.24, 2.45) is 0 Å². The summed E-state index contributed by atoms with van der Waals surface area (Å²) in [6.07, 6.45) is 1.16. The van der Waals surface area contributed by atoms with Crippen LogP contribution in [0.25, 0.3) is 11.0 Å². The summed E-state index contributed by atoms with van der Waals surface area (Å²) in [4.78, 5) is 3.31. The molecule has 0 saturated carbocycles. The van der Waals surface area contributed by atoms with Gasteiger partial charge in [0, 0.05) is 9.61 Å². The van der Waals surface area contributed by atoms with Gasteiger partial charge in [-0.3, -0.25) is 0 Å². The van der Waals surface area contributed by atoms with E-state index in [-0.39, 0.29) is 0 Å². The van der Waals surface area contributed by atoms with E-state index in [4.69, 9.17) is 12.2 Å². The Morgan fingerprint density at radius 1 is 1.50 bits per heavy atom. The van der Waals surface area contributed by atoms with Crippen molar-refractivity contribution in [1.29, 1.82) is 0 Å². The predicted octanol–water partition coefficient (Wildman–Crippen LogP) is 5.01. The van der Waals surface area contributed by atoms with Crippen molar-refractivity contribution in [2.45, 2.75) is 26.3 Å². The maximum Gasteiger partial charge on any atom is 0.178 e. The van der Waals surface area contributed by atoms with E-state index in [0.717, 1.165) is 16.7 Å². The lowest BCUT2D eigenvalue weighted by Crippen LogP contribution is -2.06. The van der Waals surface area contributed by atoms with Crippen molar-refractivity contribution in [2.75, 3.05) is 11.5 Å². The maximum absolute atomic E-state index is 5.45. The number of aromatic amines is 1. The summed E-state index contributed by atoms with van der Waals surface area (Å²) in [5.74, 6) is 2.38. The Morgan fingerprint density at radius 2 is 2.28 bits per heavy atom. The minimum Gasteiger partial charge on any atom is -0.331 e. The fourth-order valence-corrected chi connectivity index (χ4v) is 3.74. The summed E-state index contributed by atoms with van der Waals surface area (Å²) < 4.78 is 4.32. The molecular weight excluding hydrogens is 375 g/mol. The molecule has 0 aliphatic rings. The lowest BCUT2D eigenvalue weighted by atomic mass is 10.2. The number of fused-ring (bicyclic) bond motifs is 1. The number of hydrogen-bond acceptors (Lipinski definition) is 2. The first kappa shape index (κ1) is 14.4. The van der Waals surface area contributed by atoms with E-state index in [0.29, 0.717) is 6.04 Å². The molecule has 1 unspecified atom stereocenters. The van der Waals surface area contributed by atoms with Crippen LogP contribution in [0.5, 0.6) is 0 Å². The first-order chi connectivity index (χ1) is 8.63. The van der Waals surface area contributed by atoms with E-state index in [1.165, 1.54) is 20.6 Å². The van der Waals surface area contributed by atoms with Gasteiger partial charge in [-0.05, 0) is 77.9 Å². The SMILES string of the molecule is CCSCCC(C)n1c(=S)[nH]c2cc(I)ccc21. The summed E-state index contributed by atoms with van der Waals surface area (Å²) in [5.41, 5.74) is 2.36. The lowest BCUT2D eigenvalue weighted by Gasteiger charge is -2.14. The van der Waals surface area contributed by atoms with Gasteiger partial charge >= 0.3 is 0 Å². The molecule has 1 atom stereocenters. The third-order valence-electron chi connectivity index (χ3n) is 3.00. The van der Waals surface area contributed by atoms with E-state index in [9.17, 15) is 0 Å². The highest BCUT2D eigenvalue weighted by molar-refractivity contribution is 14.1. The zero-order valence-corrected chi connectivity index (χ0v) is 14.4. The molecule has 1 heterocycles. The number of aromatic nitrogens is 2. The molecule has 0 aliphatic carbocycles. The highest BCUT2D eigenvalue weighted by atomic mass is 127. The van der Waals surface area contributed by atoms with Gasteiger partial charge in [-0.1, -0.05) is 6.92 Å². The van der Waals surface area contributed by atoms with Gasteiger partial charge in [-0.15, -0.1) is 0 Å². The Balaban J connectivity index is 2.32. The monoisotopic (exact) mass is 392 g/mol. The van der Waals surface area contributed by atoms with Crippen LogP contribution in [0.4, 0.5) is 0 Å². The number of thioether (sulfide) groups is 1. The zero-order chi connectivity index (χ0) is 13.1. The van der Waals surface area contributed by atoms with Gasteiger partial charge in [0.25, 0.3) is 0 Å². The first-order valence-corrected chi connectivity index (χ1v) is 8.75. The molecule has 0 bridgehead atoms. The standard InChI is InChI=1S/C13H17IN2S2/c1-3-18-7-6-9(2)16-12-5-4-10(14)8-11(12)15-13(16)17/h4-5,8-9H,3,6-7H2,1-2H3,(H,15,17). The van der Waals surface area contributed by atoms with Crippen molar-refractivity contribution < 1.29 is 0 Å². The number of hydrogen-bond donors (Lipinski definition) is 1. The van der Waals surface area contributed by atoms with Crippen LogP contribution in [-0.2, 0) is 0 Å². The molecule has 0 spiro atoms. The minimum absolute atomic E-state index is 0.449. The number of benzene rings is 1. The Kier molecular flexibility index (Phi) is 5.14. The maximum atomic E-state index is 5.45. The Bertz CT molecular complexity index is 588. The normalized spacial score (nSPS) is 13.1. The fourth-order valence-electron chi connectivity index (χ4n) is 2.07. The average molecular weight is 392 g/mol. The molecule has 0 amide bonds. The zero-order valence-electron chi connectivity index (χ0n) is 10.6. The van der Waals surface area contributed by atoms with E-state index in [2.05, 4.69) is 64.2 Å². The summed E-state index contributed by atoms with van der Waals surface area (Å²) in [6.45, 7) is 4.45.